The molecule has 272 valence electrons. The number of nitrogens with zero attached hydrogens (tertiary/aromatic N) is 4. The average Bonchev–Trinajstić information content (AvgIpc) is 3.51. The average molecular weight is 699 g/mol. The number of hydrogen-bond donors (Lipinski definition) is 0. The minimum Gasteiger partial charge on any atom is -0.486 e. The summed E-state index contributed by atoms with van der Waals surface area (Å²) in [4.78, 5) is 20.8. The van der Waals surface area contributed by atoms with Crippen LogP contribution in [0.25, 0.3) is 28.0 Å². The number of halogens is 1. The third-order valence-electron chi connectivity index (χ3n) is 9.10. The zero-order valence-electron chi connectivity index (χ0n) is 31.2. The lowest BCUT2D eigenvalue weighted by Crippen LogP contribution is -2.45. The number of benzene rings is 2. The molecule has 9 nitrogen and oxygen atoms in total. The molecule has 2 unspecified atom stereocenters. The molecule has 10 heteroatoms. The number of anilines is 1. The van der Waals surface area contributed by atoms with Gasteiger partial charge in [0.25, 0.3) is 0 Å². The number of carbonyl (C=O) groups is 1. The highest BCUT2D eigenvalue weighted by atomic mass is 19.1. The van der Waals surface area contributed by atoms with Crippen molar-refractivity contribution >= 4 is 17.4 Å². The molecule has 0 radical (unpaired) electrons. The van der Waals surface area contributed by atoms with Gasteiger partial charge in [-0.15, -0.1) is 6.58 Å². The Kier molecular flexibility index (Phi) is 11.4. The fourth-order valence-corrected chi connectivity index (χ4v) is 6.37. The molecule has 0 bridgehead atoms. The largest absolute Gasteiger partial charge is 0.486 e. The van der Waals surface area contributed by atoms with Gasteiger partial charge in [0.05, 0.1) is 41.2 Å². The van der Waals surface area contributed by atoms with Crippen molar-refractivity contribution in [1.82, 2.24) is 14.6 Å². The highest BCUT2D eigenvalue weighted by Crippen LogP contribution is 2.40. The Balaban J connectivity index is 1.68. The number of carbonyl (C=O) groups excluding carboxylic acids is 1. The van der Waals surface area contributed by atoms with Crippen molar-refractivity contribution in [3.05, 3.63) is 90.4 Å². The number of ether oxygens (including phenoxy) is 4. The Labute approximate surface area is 301 Å². The summed E-state index contributed by atoms with van der Waals surface area (Å²) in [5.41, 5.74) is 3.80. The quantitative estimate of drug-likeness (QED) is 0.101. The third-order valence-corrected chi connectivity index (χ3v) is 9.10. The lowest BCUT2D eigenvalue weighted by Gasteiger charge is -2.41. The topological polar surface area (TPSA) is 87.4 Å². The second-order valence-electron chi connectivity index (χ2n) is 14.3. The monoisotopic (exact) mass is 698 g/mol. The molecule has 0 N–H and O–H groups in total. The van der Waals surface area contributed by atoms with E-state index in [1.165, 1.54) is 0 Å². The predicted octanol–water partition coefficient (Wildman–Crippen LogP) is 8.75. The molecule has 4 aromatic rings. The van der Waals surface area contributed by atoms with Crippen molar-refractivity contribution in [2.75, 3.05) is 31.2 Å². The summed E-state index contributed by atoms with van der Waals surface area (Å²) in [6.07, 6.45) is 3.59. The first-order chi connectivity index (χ1) is 24.2. The number of piperidine rings is 1. The number of rotatable bonds is 13. The van der Waals surface area contributed by atoms with Crippen LogP contribution < -0.4 is 9.64 Å². The van der Waals surface area contributed by atoms with Crippen LogP contribution >= 0.6 is 0 Å². The maximum atomic E-state index is 15.8. The molecular weight excluding hydrogens is 647 g/mol. The van der Waals surface area contributed by atoms with Crippen molar-refractivity contribution in [3.8, 4) is 28.1 Å². The number of esters is 1. The molecule has 0 amide bonds. The molecular formula is C41H51FN4O5. The zero-order valence-corrected chi connectivity index (χ0v) is 31.2. The number of hydrogen-bond acceptors (Lipinski definition) is 8. The Hall–Kier alpha value is -4.54. The van der Waals surface area contributed by atoms with Crippen LogP contribution in [0, 0.1) is 19.7 Å². The SMILES string of the molecule is C=CCOC1(C)CCN(c2c(C(OC(C)(C)C)C(=O)OCC)c(C)nc3cc(-c4cccc(-c5c(OC(C)C=C)ccc(C)c5F)c4)nn23)CC1. The number of aryl methyl sites for hydroxylation is 2. The van der Waals surface area contributed by atoms with Gasteiger partial charge in [-0.05, 0) is 91.5 Å². The van der Waals surface area contributed by atoms with E-state index in [1.54, 1.807) is 42.6 Å². The van der Waals surface area contributed by atoms with Gasteiger partial charge in [-0.25, -0.2) is 14.2 Å². The highest BCUT2D eigenvalue weighted by Gasteiger charge is 2.38. The summed E-state index contributed by atoms with van der Waals surface area (Å²) >= 11 is 0. The van der Waals surface area contributed by atoms with Gasteiger partial charge in [-0.3, -0.25) is 0 Å². The van der Waals surface area contributed by atoms with Crippen LogP contribution in [0.15, 0.2) is 67.8 Å². The van der Waals surface area contributed by atoms with Crippen LogP contribution in [0.5, 0.6) is 5.75 Å². The second kappa shape index (κ2) is 15.4. The second-order valence-corrected chi connectivity index (χ2v) is 14.3. The number of aromatic nitrogens is 3. The lowest BCUT2D eigenvalue weighted by molar-refractivity contribution is -0.166. The van der Waals surface area contributed by atoms with E-state index in [-0.39, 0.29) is 24.1 Å². The summed E-state index contributed by atoms with van der Waals surface area (Å²) in [6.45, 7) is 24.7. The molecule has 0 saturated carbocycles. The van der Waals surface area contributed by atoms with Crippen molar-refractivity contribution in [1.29, 1.82) is 0 Å². The van der Waals surface area contributed by atoms with Crippen LogP contribution in [0.1, 0.15) is 77.3 Å². The molecule has 2 aromatic heterocycles. The first-order valence-electron chi connectivity index (χ1n) is 17.6. The van der Waals surface area contributed by atoms with E-state index in [2.05, 4.69) is 25.0 Å². The van der Waals surface area contributed by atoms with Gasteiger partial charge in [-0.2, -0.15) is 9.61 Å². The standard InChI is InChI=1S/C41H51FN4O5/c1-11-23-49-41(10)19-21-45(22-20-41)38-34(37(39(47)48-13-3)51-40(7,8)9)28(6)43-33-25-31(44-46(33)38)29-15-14-16-30(24-29)35-32(50-27(5)12-2)18-17-26(4)36(35)42/h11-12,14-18,24-25,27,37H,1-2,13,19-23H2,3-10H3. The van der Waals surface area contributed by atoms with Gasteiger partial charge in [-0.1, -0.05) is 43.0 Å². The number of fused-ring (bicyclic) bond motifs is 1. The Morgan fingerprint density at radius 1 is 1.10 bits per heavy atom. The fraction of sp³-hybridized carbons (Fsp3) is 0.439. The molecule has 0 spiro atoms. The van der Waals surface area contributed by atoms with E-state index >= 15 is 4.39 Å². The van der Waals surface area contributed by atoms with Gasteiger partial charge >= 0.3 is 5.97 Å². The van der Waals surface area contributed by atoms with Gasteiger partial charge in [0.1, 0.15) is 23.5 Å². The first kappa shape index (κ1) is 37.7. The molecule has 1 saturated heterocycles. The summed E-state index contributed by atoms with van der Waals surface area (Å²) in [5, 5.41) is 5.11. The molecule has 5 rings (SSSR count). The normalized spacial score (nSPS) is 15.7. The van der Waals surface area contributed by atoms with Gasteiger partial charge in [0.15, 0.2) is 11.8 Å². The summed E-state index contributed by atoms with van der Waals surface area (Å²) in [5.74, 6) is 0.308. The minimum atomic E-state index is -1.04. The van der Waals surface area contributed by atoms with Gasteiger partial charge in [0, 0.05) is 30.4 Å². The smallest absolute Gasteiger partial charge is 0.340 e. The van der Waals surface area contributed by atoms with E-state index < -0.39 is 17.7 Å². The van der Waals surface area contributed by atoms with E-state index in [0.29, 0.717) is 70.6 Å². The maximum Gasteiger partial charge on any atom is 0.340 e. The van der Waals surface area contributed by atoms with Gasteiger partial charge < -0.3 is 23.8 Å². The van der Waals surface area contributed by atoms with Crippen molar-refractivity contribution < 1.29 is 28.1 Å². The summed E-state index contributed by atoms with van der Waals surface area (Å²) in [7, 11) is 0. The van der Waals surface area contributed by atoms with E-state index in [4.69, 9.17) is 29.0 Å². The van der Waals surface area contributed by atoms with E-state index in [9.17, 15) is 4.79 Å². The summed E-state index contributed by atoms with van der Waals surface area (Å²) in [6, 6.07) is 13.0. The highest BCUT2D eigenvalue weighted by molar-refractivity contribution is 5.81. The molecule has 2 atom stereocenters. The minimum absolute atomic E-state index is 0.207. The van der Waals surface area contributed by atoms with Crippen molar-refractivity contribution in [2.24, 2.45) is 0 Å². The maximum absolute atomic E-state index is 15.8. The Bertz CT molecular complexity index is 1900. The van der Waals surface area contributed by atoms with Crippen molar-refractivity contribution in [2.45, 2.75) is 91.6 Å². The van der Waals surface area contributed by atoms with Crippen molar-refractivity contribution in [3.63, 3.8) is 0 Å². The lowest BCUT2D eigenvalue weighted by atomic mass is 9.92. The first-order valence-corrected chi connectivity index (χ1v) is 17.6. The van der Waals surface area contributed by atoms with Crippen LogP contribution in [0.4, 0.5) is 10.2 Å². The molecule has 51 heavy (non-hydrogen) atoms. The van der Waals surface area contributed by atoms with Gasteiger partial charge in [0.2, 0.25) is 0 Å². The Morgan fingerprint density at radius 3 is 2.45 bits per heavy atom. The predicted molar refractivity (Wildman–Crippen MR) is 200 cm³/mol. The Morgan fingerprint density at radius 2 is 1.80 bits per heavy atom. The fourth-order valence-electron chi connectivity index (χ4n) is 6.37. The molecule has 2 aromatic carbocycles. The molecule has 1 aliphatic heterocycles. The summed E-state index contributed by atoms with van der Waals surface area (Å²) < 4.78 is 41.8. The van der Waals surface area contributed by atoms with Crippen LogP contribution in [-0.2, 0) is 19.0 Å². The zero-order chi connectivity index (χ0) is 37.1. The molecule has 1 fully saturated rings. The molecule has 3 heterocycles. The van der Waals surface area contributed by atoms with Crippen LogP contribution in [0.3, 0.4) is 0 Å². The molecule has 0 aliphatic carbocycles. The third kappa shape index (κ3) is 8.34. The van der Waals surface area contributed by atoms with Crippen LogP contribution in [0.2, 0.25) is 0 Å². The van der Waals surface area contributed by atoms with Crippen LogP contribution in [-0.4, -0.2) is 64.2 Å². The van der Waals surface area contributed by atoms with E-state index in [1.807, 2.05) is 65.0 Å². The molecule has 1 aliphatic rings. The van der Waals surface area contributed by atoms with E-state index in [0.717, 1.165) is 18.4 Å².